The molecule has 1 N–H and O–H groups in total. The third kappa shape index (κ3) is 3.19. The highest BCUT2D eigenvalue weighted by atomic mass is 16.4. The van der Waals surface area contributed by atoms with Gasteiger partial charge in [0.25, 0.3) is 5.91 Å². The summed E-state index contributed by atoms with van der Waals surface area (Å²) < 4.78 is 1.97. The molecule has 2 unspecified atom stereocenters. The summed E-state index contributed by atoms with van der Waals surface area (Å²) in [6.07, 6.45) is 3.65. The molecule has 1 aliphatic carbocycles. The van der Waals surface area contributed by atoms with Crippen LogP contribution in [0.4, 0.5) is 0 Å². The Morgan fingerprint density at radius 2 is 1.88 bits per heavy atom. The number of nitrogens with zero attached hydrogens (tertiary/aromatic N) is 3. The summed E-state index contributed by atoms with van der Waals surface area (Å²) in [5, 5.41) is 13.9. The topological polar surface area (TPSA) is 75.4 Å². The van der Waals surface area contributed by atoms with E-state index in [4.69, 9.17) is 0 Å². The molecule has 0 bridgehead atoms. The van der Waals surface area contributed by atoms with Gasteiger partial charge in [0, 0.05) is 24.2 Å². The summed E-state index contributed by atoms with van der Waals surface area (Å²) in [5.74, 6) is -0.932. The molecule has 6 heteroatoms. The molecule has 2 aliphatic rings. The van der Waals surface area contributed by atoms with Crippen molar-refractivity contribution in [3.05, 3.63) is 17.5 Å². The molecule has 1 aromatic rings. The van der Waals surface area contributed by atoms with Crippen molar-refractivity contribution in [2.75, 3.05) is 6.54 Å². The number of rotatable bonds is 3. The summed E-state index contributed by atoms with van der Waals surface area (Å²) in [4.78, 5) is 26.0. The van der Waals surface area contributed by atoms with Gasteiger partial charge >= 0.3 is 5.97 Å². The molecule has 2 fully saturated rings. The molecule has 24 heavy (non-hydrogen) atoms. The summed E-state index contributed by atoms with van der Waals surface area (Å²) >= 11 is 0. The van der Waals surface area contributed by atoms with Crippen molar-refractivity contribution >= 4 is 11.9 Å². The van der Waals surface area contributed by atoms with E-state index in [0.717, 1.165) is 25.0 Å². The number of carboxylic acid groups (broad SMARTS) is 1. The lowest BCUT2D eigenvalue weighted by Gasteiger charge is -2.36. The van der Waals surface area contributed by atoms with Crippen LogP contribution in [0.1, 0.15) is 75.5 Å². The monoisotopic (exact) mass is 333 g/mol. The van der Waals surface area contributed by atoms with Crippen molar-refractivity contribution in [2.24, 2.45) is 5.92 Å². The normalized spacial score (nSPS) is 24.9. The first-order chi connectivity index (χ1) is 11.2. The highest BCUT2D eigenvalue weighted by molar-refractivity contribution is 5.93. The molecule has 1 aromatic heterocycles. The van der Waals surface area contributed by atoms with Gasteiger partial charge in [0.05, 0.1) is 11.5 Å². The lowest BCUT2D eigenvalue weighted by atomic mass is 9.93. The quantitative estimate of drug-likeness (QED) is 0.923. The molecule has 1 amide bonds. The van der Waals surface area contributed by atoms with E-state index in [0.29, 0.717) is 18.0 Å². The maximum atomic E-state index is 13.0. The Morgan fingerprint density at radius 1 is 1.21 bits per heavy atom. The van der Waals surface area contributed by atoms with Crippen molar-refractivity contribution < 1.29 is 14.7 Å². The van der Waals surface area contributed by atoms with Crippen LogP contribution in [-0.4, -0.2) is 44.3 Å². The zero-order valence-corrected chi connectivity index (χ0v) is 15.0. The van der Waals surface area contributed by atoms with Crippen molar-refractivity contribution in [1.82, 2.24) is 14.7 Å². The second-order valence-corrected chi connectivity index (χ2v) is 8.23. The van der Waals surface area contributed by atoms with E-state index >= 15 is 0 Å². The van der Waals surface area contributed by atoms with Gasteiger partial charge in [-0.15, -0.1) is 0 Å². The van der Waals surface area contributed by atoms with E-state index in [1.54, 1.807) is 4.90 Å². The number of carbonyl (C=O) groups excluding carboxylic acids is 1. The molecule has 1 saturated heterocycles. The number of aromatic nitrogens is 2. The fraction of sp³-hybridized carbons (Fsp3) is 0.722. The average molecular weight is 333 g/mol. The van der Waals surface area contributed by atoms with Crippen LogP contribution in [0, 0.1) is 5.92 Å². The molecule has 0 spiro atoms. The van der Waals surface area contributed by atoms with Crippen molar-refractivity contribution in [2.45, 2.75) is 70.9 Å². The van der Waals surface area contributed by atoms with Crippen molar-refractivity contribution in [1.29, 1.82) is 0 Å². The molecule has 2 atom stereocenters. The number of aliphatic carboxylic acids is 1. The van der Waals surface area contributed by atoms with E-state index in [-0.39, 0.29) is 24.0 Å². The average Bonchev–Trinajstić information content (AvgIpc) is 3.23. The minimum Gasteiger partial charge on any atom is -0.481 e. The van der Waals surface area contributed by atoms with Crippen LogP contribution >= 0.6 is 0 Å². The zero-order chi connectivity index (χ0) is 17.6. The van der Waals surface area contributed by atoms with E-state index in [9.17, 15) is 14.7 Å². The highest BCUT2D eigenvalue weighted by Gasteiger charge is 2.36. The summed E-state index contributed by atoms with van der Waals surface area (Å²) in [6, 6.07) is 1.97. The van der Waals surface area contributed by atoms with Crippen LogP contribution in [0.15, 0.2) is 6.07 Å². The SMILES string of the molecule is CC1CCC(C(=O)O)CN1C(=O)c1cc(C2CC2)n(C(C)(C)C)n1. The van der Waals surface area contributed by atoms with Crippen LogP contribution in [0.5, 0.6) is 0 Å². The maximum absolute atomic E-state index is 13.0. The number of amides is 1. The van der Waals surface area contributed by atoms with Crippen LogP contribution in [0.3, 0.4) is 0 Å². The van der Waals surface area contributed by atoms with Crippen molar-refractivity contribution in [3.63, 3.8) is 0 Å². The first kappa shape index (κ1) is 17.0. The van der Waals surface area contributed by atoms with E-state index in [1.807, 2.05) is 17.7 Å². The second-order valence-electron chi connectivity index (χ2n) is 8.23. The Labute approximate surface area is 142 Å². The summed E-state index contributed by atoms with van der Waals surface area (Å²) in [6.45, 7) is 8.52. The smallest absolute Gasteiger partial charge is 0.308 e. The fourth-order valence-electron chi connectivity index (χ4n) is 3.45. The van der Waals surface area contributed by atoms with Gasteiger partial charge in [-0.2, -0.15) is 5.10 Å². The summed E-state index contributed by atoms with van der Waals surface area (Å²) in [7, 11) is 0. The number of likely N-dealkylation sites (tertiary alicyclic amines) is 1. The minimum atomic E-state index is -0.821. The standard InChI is InChI=1S/C18H27N3O3/c1-11-5-6-13(17(23)24)10-20(11)16(22)14-9-15(12-7-8-12)21(19-14)18(2,3)4/h9,11-13H,5-8,10H2,1-4H3,(H,23,24). The molecular weight excluding hydrogens is 306 g/mol. The van der Waals surface area contributed by atoms with Gasteiger partial charge in [0.1, 0.15) is 0 Å². The molecule has 6 nitrogen and oxygen atoms in total. The Kier molecular flexibility index (Phi) is 4.18. The minimum absolute atomic E-state index is 0.0530. The van der Waals surface area contributed by atoms with E-state index in [2.05, 4.69) is 25.9 Å². The number of carboxylic acids is 1. The van der Waals surface area contributed by atoms with Gasteiger partial charge in [-0.05, 0) is 59.4 Å². The van der Waals surface area contributed by atoms with Crippen molar-refractivity contribution in [3.8, 4) is 0 Å². The first-order valence-corrected chi connectivity index (χ1v) is 8.82. The van der Waals surface area contributed by atoms with Gasteiger partial charge in [-0.3, -0.25) is 14.3 Å². The molecule has 0 aromatic carbocycles. The number of carbonyl (C=O) groups is 2. The molecule has 2 heterocycles. The van der Waals surface area contributed by atoms with Gasteiger partial charge < -0.3 is 10.0 Å². The van der Waals surface area contributed by atoms with Crippen LogP contribution < -0.4 is 0 Å². The highest BCUT2D eigenvalue weighted by Crippen LogP contribution is 2.42. The largest absolute Gasteiger partial charge is 0.481 e. The molecule has 1 saturated carbocycles. The number of hydrogen-bond donors (Lipinski definition) is 1. The lowest BCUT2D eigenvalue weighted by molar-refractivity contribution is -0.143. The molecule has 0 radical (unpaired) electrons. The number of piperidine rings is 1. The second kappa shape index (κ2) is 5.90. The Hall–Kier alpha value is -1.85. The van der Waals surface area contributed by atoms with Crippen LogP contribution in [0.25, 0.3) is 0 Å². The molecule has 3 rings (SSSR count). The molecule has 132 valence electrons. The van der Waals surface area contributed by atoms with E-state index in [1.165, 1.54) is 0 Å². The van der Waals surface area contributed by atoms with Gasteiger partial charge in [0.15, 0.2) is 5.69 Å². The predicted octanol–water partition coefficient (Wildman–Crippen LogP) is 2.84. The zero-order valence-electron chi connectivity index (χ0n) is 15.0. The third-order valence-corrected chi connectivity index (χ3v) is 5.08. The Balaban J connectivity index is 1.88. The van der Waals surface area contributed by atoms with E-state index < -0.39 is 11.9 Å². The molecule has 1 aliphatic heterocycles. The third-order valence-electron chi connectivity index (χ3n) is 5.08. The predicted molar refractivity (Wildman–Crippen MR) is 90.1 cm³/mol. The Bertz CT molecular complexity index is 655. The van der Waals surface area contributed by atoms with Gasteiger partial charge in [0.2, 0.25) is 0 Å². The van der Waals surface area contributed by atoms with Gasteiger partial charge in [-0.25, -0.2) is 0 Å². The maximum Gasteiger partial charge on any atom is 0.308 e. The Morgan fingerprint density at radius 3 is 2.42 bits per heavy atom. The van der Waals surface area contributed by atoms with Gasteiger partial charge in [-0.1, -0.05) is 0 Å². The summed E-state index contributed by atoms with van der Waals surface area (Å²) in [5.41, 5.74) is 1.41. The lowest BCUT2D eigenvalue weighted by Crippen LogP contribution is -2.47. The van der Waals surface area contributed by atoms with Crippen LogP contribution in [0.2, 0.25) is 0 Å². The number of hydrogen-bond acceptors (Lipinski definition) is 3. The fourth-order valence-corrected chi connectivity index (χ4v) is 3.45. The first-order valence-electron chi connectivity index (χ1n) is 8.82. The molecular formula is C18H27N3O3. The van der Waals surface area contributed by atoms with Crippen LogP contribution in [-0.2, 0) is 10.3 Å².